The zero-order valence-electron chi connectivity index (χ0n) is 15.5. The summed E-state index contributed by atoms with van der Waals surface area (Å²) in [6.07, 6.45) is 5.87. The fraction of sp³-hybridized carbons (Fsp3) is 0.182. The van der Waals surface area contributed by atoms with Gasteiger partial charge in [0.15, 0.2) is 0 Å². The molecule has 0 aliphatic carbocycles. The third-order valence-corrected chi connectivity index (χ3v) is 3.39. The van der Waals surface area contributed by atoms with Gasteiger partial charge in [0.1, 0.15) is 11.5 Å². The molecule has 0 N–H and O–H groups in total. The van der Waals surface area contributed by atoms with Crippen molar-refractivity contribution in [2.45, 2.75) is 20.0 Å². The number of hydrogen-bond acceptors (Lipinski definition) is 5. The number of methoxy groups -OCH3 is 1. The van der Waals surface area contributed by atoms with Crippen LogP contribution in [0.25, 0.3) is 12.2 Å². The Morgan fingerprint density at radius 2 is 1.26 bits per heavy atom. The van der Waals surface area contributed by atoms with Gasteiger partial charge in [-0.05, 0) is 61.4 Å². The molecule has 27 heavy (non-hydrogen) atoms. The Morgan fingerprint density at radius 1 is 0.778 bits per heavy atom. The minimum absolute atomic E-state index is 0.157. The van der Waals surface area contributed by atoms with E-state index in [9.17, 15) is 9.59 Å². The van der Waals surface area contributed by atoms with E-state index in [2.05, 4.69) is 0 Å². The summed E-state index contributed by atoms with van der Waals surface area (Å²) in [7, 11) is 1.60. The zero-order valence-corrected chi connectivity index (χ0v) is 15.5. The maximum Gasteiger partial charge on any atom is 0.336 e. The molecule has 0 saturated heterocycles. The van der Waals surface area contributed by atoms with Crippen LogP contribution < -0.4 is 9.47 Å². The Balaban J connectivity index is 1.89. The van der Waals surface area contributed by atoms with Gasteiger partial charge in [0.05, 0.1) is 13.2 Å². The Bertz CT molecular complexity index is 815. The average molecular weight is 366 g/mol. The number of rotatable bonds is 7. The van der Waals surface area contributed by atoms with E-state index in [1.54, 1.807) is 57.4 Å². The van der Waals surface area contributed by atoms with Gasteiger partial charge >= 0.3 is 11.9 Å². The molecule has 0 atom stereocenters. The maximum atomic E-state index is 11.9. The van der Waals surface area contributed by atoms with Crippen molar-refractivity contribution < 1.29 is 23.8 Å². The number of carbonyl (C=O) groups is 2. The molecule has 2 rings (SSSR count). The monoisotopic (exact) mass is 366 g/mol. The summed E-state index contributed by atoms with van der Waals surface area (Å²) in [5.74, 6) is 0.293. The first-order valence-electron chi connectivity index (χ1n) is 8.49. The number of ether oxygens (including phenoxy) is 3. The van der Waals surface area contributed by atoms with E-state index in [1.165, 1.54) is 12.2 Å². The van der Waals surface area contributed by atoms with Crippen molar-refractivity contribution in [2.24, 2.45) is 0 Å². The summed E-state index contributed by atoms with van der Waals surface area (Å²) >= 11 is 0. The number of carbonyl (C=O) groups excluding carboxylic acids is 2. The first kappa shape index (κ1) is 20.0. The Kier molecular flexibility index (Phi) is 7.37. The summed E-state index contributed by atoms with van der Waals surface area (Å²) in [4.78, 5) is 23.4. The van der Waals surface area contributed by atoms with E-state index < -0.39 is 11.9 Å². The number of esters is 2. The number of hydrogen-bond donors (Lipinski definition) is 0. The fourth-order valence-electron chi connectivity index (χ4n) is 2.11. The highest BCUT2D eigenvalue weighted by molar-refractivity contribution is 5.89. The van der Waals surface area contributed by atoms with E-state index in [0.29, 0.717) is 5.75 Å². The molecule has 0 heterocycles. The van der Waals surface area contributed by atoms with Gasteiger partial charge in [-0.2, -0.15) is 0 Å². The summed E-state index contributed by atoms with van der Waals surface area (Å²) in [6, 6.07) is 14.1. The summed E-state index contributed by atoms with van der Waals surface area (Å²) in [6.45, 7) is 3.58. The van der Waals surface area contributed by atoms with Gasteiger partial charge in [-0.15, -0.1) is 0 Å². The molecule has 0 aromatic heterocycles. The normalized spacial score (nSPS) is 11.1. The largest absolute Gasteiger partial charge is 0.497 e. The standard InChI is InChI=1S/C22H22O5/c1-16(2)26-21(23)14-8-18-6-12-20(13-7-18)27-22(24)15-9-17-4-10-19(25-3)11-5-17/h4-16H,1-3H3/b14-8+,15-9+. The Hall–Kier alpha value is -3.34. The van der Waals surface area contributed by atoms with Crippen molar-refractivity contribution in [2.75, 3.05) is 7.11 Å². The second-order valence-electron chi connectivity index (χ2n) is 5.92. The second-order valence-corrected chi connectivity index (χ2v) is 5.92. The van der Waals surface area contributed by atoms with Gasteiger partial charge in [0.2, 0.25) is 0 Å². The van der Waals surface area contributed by atoms with E-state index in [-0.39, 0.29) is 6.10 Å². The Morgan fingerprint density at radius 3 is 1.74 bits per heavy atom. The highest BCUT2D eigenvalue weighted by Crippen LogP contribution is 2.15. The van der Waals surface area contributed by atoms with E-state index in [0.717, 1.165) is 16.9 Å². The molecule has 0 bridgehead atoms. The molecule has 0 aliphatic heterocycles. The highest BCUT2D eigenvalue weighted by Gasteiger charge is 2.02. The summed E-state index contributed by atoms with van der Waals surface area (Å²) in [5.41, 5.74) is 1.66. The van der Waals surface area contributed by atoms with E-state index in [4.69, 9.17) is 14.2 Å². The molecule has 2 aromatic carbocycles. The molecule has 0 spiro atoms. The minimum Gasteiger partial charge on any atom is -0.497 e. The molecular formula is C22H22O5. The molecule has 0 saturated carbocycles. The van der Waals surface area contributed by atoms with Crippen LogP contribution in [-0.4, -0.2) is 25.2 Å². The zero-order chi connectivity index (χ0) is 19.6. The van der Waals surface area contributed by atoms with Gasteiger partial charge in [-0.1, -0.05) is 24.3 Å². The SMILES string of the molecule is COc1ccc(/C=C/C(=O)Oc2ccc(/C=C/C(=O)OC(C)C)cc2)cc1. The molecule has 2 aromatic rings. The second kappa shape index (κ2) is 9.97. The van der Waals surface area contributed by atoms with Gasteiger partial charge in [-0.3, -0.25) is 0 Å². The lowest BCUT2D eigenvalue weighted by Crippen LogP contribution is -2.08. The maximum absolute atomic E-state index is 11.9. The first-order chi connectivity index (χ1) is 13.0. The van der Waals surface area contributed by atoms with Crippen molar-refractivity contribution >= 4 is 24.1 Å². The molecule has 0 radical (unpaired) electrons. The predicted octanol–water partition coefficient (Wildman–Crippen LogP) is 4.28. The topological polar surface area (TPSA) is 61.8 Å². The fourth-order valence-corrected chi connectivity index (χ4v) is 2.11. The first-order valence-corrected chi connectivity index (χ1v) is 8.49. The van der Waals surface area contributed by atoms with Crippen LogP contribution in [0.4, 0.5) is 0 Å². The van der Waals surface area contributed by atoms with Crippen LogP contribution in [0.5, 0.6) is 11.5 Å². The lowest BCUT2D eigenvalue weighted by molar-refractivity contribution is -0.141. The van der Waals surface area contributed by atoms with Crippen molar-refractivity contribution in [1.82, 2.24) is 0 Å². The smallest absolute Gasteiger partial charge is 0.336 e. The molecule has 0 aliphatic rings. The number of benzene rings is 2. The van der Waals surface area contributed by atoms with Crippen molar-refractivity contribution in [3.05, 3.63) is 71.8 Å². The van der Waals surface area contributed by atoms with E-state index >= 15 is 0 Å². The van der Waals surface area contributed by atoms with Gasteiger partial charge in [-0.25, -0.2) is 9.59 Å². The lowest BCUT2D eigenvalue weighted by Gasteiger charge is -2.04. The predicted molar refractivity (Wildman–Crippen MR) is 104 cm³/mol. The van der Waals surface area contributed by atoms with Crippen LogP contribution in [0, 0.1) is 0 Å². The summed E-state index contributed by atoms with van der Waals surface area (Å²) in [5, 5.41) is 0. The molecule has 0 amide bonds. The third kappa shape index (κ3) is 7.20. The molecule has 5 heteroatoms. The van der Waals surface area contributed by atoms with Crippen LogP contribution >= 0.6 is 0 Å². The molecular weight excluding hydrogens is 344 g/mol. The van der Waals surface area contributed by atoms with Crippen LogP contribution in [0.2, 0.25) is 0 Å². The van der Waals surface area contributed by atoms with Crippen LogP contribution in [0.3, 0.4) is 0 Å². The van der Waals surface area contributed by atoms with Gasteiger partial charge in [0, 0.05) is 12.2 Å². The quantitative estimate of drug-likeness (QED) is 0.416. The lowest BCUT2D eigenvalue weighted by atomic mass is 10.2. The van der Waals surface area contributed by atoms with Crippen molar-refractivity contribution in [3.8, 4) is 11.5 Å². The average Bonchev–Trinajstić information content (AvgIpc) is 2.66. The minimum atomic E-state index is -0.477. The molecule has 140 valence electrons. The van der Waals surface area contributed by atoms with Crippen LogP contribution in [0.15, 0.2) is 60.7 Å². The highest BCUT2D eigenvalue weighted by atomic mass is 16.5. The van der Waals surface area contributed by atoms with E-state index in [1.807, 2.05) is 24.3 Å². The van der Waals surface area contributed by atoms with Crippen molar-refractivity contribution in [3.63, 3.8) is 0 Å². The Labute approximate surface area is 158 Å². The molecule has 0 fully saturated rings. The third-order valence-electron chi connectivity index (χ3n) is 3.39. The van der Waals surface area contributed by atoms with Crippen LogP contribution in [0.1, 0.15) is 25.0 Å². The van der Waals surface area contributed by atoms with Gasteiger partial charge in [0.25, 0.3) is 0 Å². The molecule has 5 nitrogen and oxygen atoms in total. The van der Waals surface area contributed by atoms with Gasteiger partial charge < -0.3 is 14.2 Å². The molecule has 0 unspecified atom stereocenters. The summed E-state index contributed by atoms with van der Waals surface area (Å²) < 4.78 is 15.3. The van der Waals surface area contributed by atoms with Crippen molar-refractivity contribution in [1.29, 1.82) is 0 Å². The van der Waals surface area contributed by atoms with Crippen LogP contribution in [-0.2, 0) is 14.3 Å².